The first-order valence-corrected chi connectivity index (χ1v) is 5.01. The fourth-order valence-corrected chi connectivity index (χ4v) is 1.97. The molecule has 2 aromatic heterocycles. The van der Waals surface area contributed by atoms with Gasteiger partial charge in [-0.15, -0.1) is 0 Å². The monoisotopic (exact) mass is 247 g/mol. The van der Waals surface area contributed by atoms with E-state index >= 15 is 0 Å². The Hall–Kier alpha value is -1.42. The number of fused-ring (bicyclic) bond motifs is 3. The standard InChI is InChI=1S/C10H6BrN3/c11-7-1-2-8-6(3-7)4-12-10-9(8)5-13-14-10/h1-5H,(H,12,13,14). The highest BCUT2D eigenvalue weighted by Crippen LogP contribution is 2.24. The summed E-state index contributed by atoms with van der Waals surface area (Å²) in [5.41, 5.74) is 0.833. The number of hydrogen-bond donors (Lipinski definition) is 1. The molecule has 4 heteroatoms. The summed E-state index contributed by atoms with van der Waals surface area (Å²) in [6.07, 6.45) is 3.65. The van der Waals surface area contributed by atoms with Gasteiger partial charge in [0.2, 0.25) is 0 Å². The number of aromatic nitrogens is 3. The van der Waals surface area contributed by atoms with E-state index in [9.17, 15) is 0 Å². The minimum absolute atomic E-state index is 0.833. The molecule has 0 bridgehead atoms. The van der Waals surface area contributed by atoms with Crippen molar-refractivity contribution >= 4 is 37.7 Å². The number of pyridine rings is 1. The highest BCUT2D eigenvalue weighted by molar-refractivity contribution is 9.10. The molecule has 68 valence electrons. The third-order valence-electron chi connectivity index (χ3n) is 2.26. The maximum atomic E-state index is 4.27. The van der Waals surface area contributed by atoms with Crippen molar-refractivity contribution in [2.45, 2.75) is 0 Å². The summed E-state index contributed by atoms with van der Waals surface area (Å²) in [4.78, 5) is 4.27. The lowest BCUT2D eigenvalue weighted by atomic mass is 10.1. The van der Waals surface area contributed by atoms with E-state index < -0.39 is 0 Å². The fraction of sp³-hybridized carbons (Fsp3) is 0. The molecule has 1 N–H and O–H groups in total. The van der Waals surface area contributed by atoms with Crippen LogP contribution in [0.4, 0.5) is 0 Å². The lowest BCUT2D eigenvalue weighted by molar-refractivity contribution is 1.10. The second kappa shape index (κ2) is 2.78. The van der Waals surface area contributed by atoms with E-state index in [1.165, 1.54) is 5.39 Å². The second-order valence-corrected chi connectivity index (χ2v) is 4.04. The van der Waals surface area contributed by atoms with Crippen LogP contribution in [0.5, 0.6) is 0 Å². The van der Waals surface area contributed by atoms with Crippen molar-refractivity contribution in [2.75, 3.05) is 0 Å². The van der Waals surface area contributed by atoms with Crippen LogP contribution >= 0.6 is 15.9 Å². The molecule has 3 nitrogen and oxygen atoms in total. The quantitative estimate of drug-likeness (QED) is 0.664. The molecule has 0 atom stereocenters. The van der Waals surface area contributed by atoms with Crippen molar-refractivity contribution in [1.82, 2.24) is 15.2 Å². The van der Waals surface area contributed by atoms with Crippen molar-refractivity contribution in [2.24, 2.45) is 0 Å². The summed E-state index contributed by atoms with van der Waals surface area (Å²) in [5, 5.41) is 10.2. The van der Waals surface area contributed by atoms with Crippen molar-refractivity contribution < 1.29 is 0 Å². The highest BCUT2D eigenvalue weighted by atomic mass is 79.9. The van der Waals surface area contributed by atoms with E-state index in [-0.39, 0.29) is 0 Å². The van der Waals surface area contributed by atoms with E-state index in [1.54, 1.807) is 6.20 Å². The maximum absolute atomic E-state index is 4.27. The molecule has 2 heterocycles. The second-order valence-electron chi connectivity index (χ2n) is 3.12. The Morgan fingerprint density at radius 2 is 2.07 bits per heavy atom. The lowest BCUT2D eigenvalue weighted by Crippen LogP contribution is -1.79. The third-order valence-corrected chi connectivity index (χ3v) is 2.75. The zero-order valence-electron chi connectivity index (χ0n) is 7.16. The number of benzene rings is 1. The molecule has 0 radical (unpaired) electrons. The molecular formula is C10H6BrN3. The van der Waals surface area contributed by atoms with Gasteiger partial charge in [-0.1, -0.05) is 22.0 Å². The van der Waals surface area contributed by atoms with E-state index in [0.717, 1.165) is 20.9 Å². The molecule has 0 aliphatic carbocycles. The van der Waals surface area contributed by atoms with Gasteiger partial charge in [-0.3, -0.25) is 5.10 Å². The van der Waals surface area contributed by atoms with Crippen LogP contribution in [0.1, 0.15) is 0 Å². The van der Waals surface area contributed by atoms with Gasteiger partial charge in [-0.2, -0.15) is 5.10 Å². The Labute approximate surface area is 88.3 Å². The Morgan fingerprint density at radius 1 is 1.14 bits per heavy atom. The van der Waals surface area contributed by atoms with Crippen molar-refractivity contribution in [3.8, 4) is 0 Å². The molecule has 0 aliphatic rings. The van der Waals surface area contributed by atoms with Gasteiger partial charge in [0.05, 0.1) is 6.20 Å². The fourth-order valence-electron chi connectivity index (χ4n) is 1.59. The Balaban J connectivity index is 2.57. The van der Waals surface area contributed by atoms with Gasteiger partial charge in [0.1, 0.15) is 0 Å². The summed E-state index contributed by atoms with van der Waals surface area (Å²) >= 11 is 3.44. The van der Waals surface area contributed by atoms with E-state index in [4.69, 9.17) is 0 Å². The number of nitrogens with one attached hydrogen (secondary N) is 1. The van der Waals surface area contributed by atoms with Crippen LogP contribution in [0.3, 0.4) is 0 Å². The summed E-state index contributed by atoms with van der Waals surface area (Å²) < 4.78 is 1.06. The van der Waals surface area contributed by atoms with Gasteiger partial charge in [0.25, 0.3) is 0 Å². The van der Waals surface area contributed by atoms with Crippen LogP contribution in [0.25, 0.3) is 21.8 Å². The van der Waals surface area contributed by atoms with Crippen LogP contribution in [-0.4, -0.2) is 15.2 Å². The number of H-pyrrole nitrogens is 1. The first-order chi connectivity index (χ1) is 6.84. The van der Waals surface area contributed by atoms with Crippen molar-refractivity contribution in [3.05, 3.63) is 35.1 Å². The Bertz CT molecular complexity index is 615. The molecule has 0 fully saturated rings. The molecule has 0 spiro atoms. The molecule has 3 rings (SSSR count). The molecule has 0 unspecified atom stereocenters. The predicted octanol–water partition coefficient (Wildman–Crippen LogP) is 2.87. The summed E-state index contributed by atoms with van der Waals surface area (Å²) in [7, 11) is 0. The molecular weight excluding hydrogens is 242 g/mol. The smallest absolute Gasteiger partial charge is 0.155 e. The van der Waals surface area contributed by atoms with Gasteiger partial charge in [0.15, 0.2) is 5.65 Å². The highest BCUT2D eigenvalue weighted by Gasteiger charge is 2.02. The average molecular weight is 248 g/mol. The first-order valence-electron chi connectivity index (χ1n) is 4.22. The van der Waals surface area contributed by atoms with Crippen molar-refractivity contribution in [1.29, 1.82) is 0 Å². The van der Waals surface area contributed by atoms with Crippen LogP contribution < -0.4 is 0 Å². The number of aromatic amines is 1. The maximum Gasteiger partial charge on any atom is 0.155 e. The van der Waals surface area contributed by atoms with Gasteiger partial charge < -0.3 is 0 Å². The van der Waals surface area contributed by atoms with E-state index in [0.29, 0.717) is 0 Å². The van der Waals surface area contributed by atoms with Gasteiger partial charge in [-0.25, -0.2) is 4.98 Å². The largest absolute Gasteiger partial charge is 0.261 e. The third kappa shape index (κ3) is 1.04. The predicted molar refractivity (Wildman–Crippen MR) is 59.1 cm³/mol. The first kappa shape index (κ1) is 7.94. The summed E-state index contributed by atoms with van der Waals surface area (Å²) in [6, 6.07) is 6.14. The minimum atomic E-state index is 0.833. The normalized spacial score (nSPS) is 11.2. The van der Waals surface area contributed by atoms with Gasteiger partial charge in [0, 0.05) is 21.4 Å². The van der Waals surface area contributed by atoms with Gasteiger partial charge >= 0.3 is 0 Å². The SMILES string of the molecule is Brc1ccc2c(cnc3[nH]ncc32)c1. The van der Waals surface area contributed by atoms with Crippen LogP contribution in [-0.2, 0) is 0 Å². The molecule has 0 saturated carbocycles. The topological polar surface area (TPSA) is 41.6 Å². The molecule has 0 aliphatic heterocycles. The lowest BCUT2D eigenvalue weighted by Gasteiger charge is -1.98. The van der Waals surface area contributed by atoms with Crippen LogP contribution in [0.15, 0.2) is 35.1 Å². The number of halogens is 1. The Morgan fingerprint density at radius 3 is 3.00 bits per heavy atom. The molecule has 0 amide bonds. The molecule has 3 aromatic rings. The van der Waals surface area contributed by atoms with Crippen LogP contribution in [0, 0.1) is 0 Å². The minimum Gasteiger partial charge on any atom is -0.261 e. The van der Waals surface area contributed by atoms with Crippen LogP contribution in [0.2, 0.25) is 0 Å². The number of nitrogens with zero attached hydrogens (tertiary/aromatic N) is 2. The number of hydrogen-bond acceptors (Lipinski definition) is 2. The van der Waals surface area contributed by atoms with E-state index in [2.05, 4.69) is 43.2 Å². The zero-order chi connectivity index (χ0) is 9.54. The Kier molecular flexibility index (Phi) is 1.58. The summed E-state index contributed by atoms with van der Waals surface area (Å²) in [6.45, 7) is 0. The van der Waals surface area contributed by atoms with Crippen molar-refractivity contribution in [3.63, 3.8) is 0 Å². The zero-order valence-corrected chi connectivity index (χ0v) is 8.75. The molecule has 14 heavy (non-hydrogen) atoms. The average Bonchev–Trinajstić information content (AvgIpc) is 2.65. The molecule has 0 saturated heterocycles. The summed E-state index contributed by atoms with van der Waals surface area (Å²) in [5.74, 6) is 0. The van der Waals surface area contributed by atoms with Gasteiger partial charge in [-0.05, 0) is 17.5 Å². The number of rotatable bonds is 0. The molecule has 1 aromatic carbocycles. The van der Waals surface area contributed by atoms with E-state index in [1.807, 2.05) is 12.3 Å².